The van der Waals surface area contributed by atoms with Gasteiger partial charge in [0.25, 0.3) is 5.91 Å². The lowest BCUT2D eigenvalue weighted by molar-refractivity contribution is -0.136. The number of halogens is 1. The van der Waals surface area contributed by atoms with E-state index < -0.39 is 17.8 Å². The predicted octanol–water partition coefficient (Wildman–Crippen LogP) is 2.28. The van der Waals surface area contributed by atoms with E-state index in [4.69, 9.17) is 0 Å². The zero-order chi connectivity index (χ0) is 22.7. The molecule has 1 aromatic carbocycles. The Hall–Kier alpha value is -2.48. The Labute approximate surface area is 182 Å². The molecule has 7 nitrogen and oxygen atoms in total. The smallest absolute Gasteiger partial charge is 0.255 e. The van der Waals surface area contributed by atoms with Crippen LogP contribution in [0.15, 0.2) is 12.1 Å². The van der Waals surface area contributed by atoms with Crippen molar-refractivity contribution < 1.29 is 18.8 Å². The van der Waals surface area contributed by atoms with E-state index in [0.29, 0.717) is 17.7 Å². The summed E-state index contributed by atoms with van der Waals surface area (Å²) in [6, 6.07) is 2.61. The largest absolute Gasteiger partial charge is 0.361 e. The molecule has 1 aromatic rings. The molecule has 31 heavy (non-hydrogen) atoms. The third kappa shape index (κ3) is 3.82. The molecule has 0 bridgehead atoms. The number of piperidine rings is 1. The van der Waals surface area contributed by atoms with Crippen LogP contribution in [0.2, 0.25) is 0 Å². The van der Waals surface area contributed by atoms with Gasteiger partial charge in [-0.25, -0.2) is 4.39 Å². The number of imide groups is 1. The summed E-state index contributed by atoms with van der Waals surface area (Å²) >= 11 is 0. The zero-order valence-corrected chi connectivity index (χ0v) is 18.9. The van der Waals surface area contributed by atoms with E-state index in [9.17, 15) is 14.4 Å². The van der Waals surface area contributed by atoms with Gasteiger partial charge in [-0.2, -0.15) is 0 Å². The number of fused-ring (bicyclic) bond motifs is 1. The van der Waals surface area contributed by atoms with Crippen LogP contribution in [0.4, 0.5) is 10.1 Å². The molecule has 3 heterocycles. The molecule has 2 fully saturated rings. The van der Waals surface area contributed by atoms with Crippen molar-refractivity contribution in [3.05, 3.63) is 29.1 Å². The van der Waals surface area contributed by atoms with Crippen molar-refractivity contribution >= 4 is 23.4 Å². The van der Waals surface area contributed by atoms with Gasteiger partial charge in [0.2, 0.25) is 11.8 Å². The Morgan fingerprint density at radius 2 is 1.71 bits per heavy atom. The molecule has 3 aliphatic heterocycles. The minimum atomic E-state index is -0.697. The van der Waals surface area contributed by atoms with Crippen LogP contribution in [0.3, 0.4) is 0 Å². The summed E-state index contributed by atoms with van der Waals surface area (Å²) in [4.78, 5) is 42.6. The fourth-order valence-electron chi connectivity index (χ4n) is 5.12. The molecule has 0 spiro atoms. The van der Waals surface area contributed by atoms with Crippen LogP contribution in [0.25, 0.3) is 0 Å². The molecule has 0 saturated carbocycles. The minimum absolute atomic E-state index is 0.0416. The maximum Gasteiger partial charge on any atom is 0.255 e. The van der Waals surface area contributed by atoms with Gasteiger partial charge in [0.15, 0.2) is 0 Å². The van der Waals surface area contributed by atoms with Crippen molar-refractivity contribution in [3.8, 4) is 0 Å². The lowest BCUT2D eigenvalue weighted by atomic mass is 9.98. The van der Waals surface area contributed by atoms with Gasteiger partial charge in [-0.05, 0) is 58.7 Å². The van der Waals surface area contributed by atoms with Crippen LogP contribution >= 0.6 is 0 Å². The monoisotopic (exact) mass is 430 g/mol. The van der Waals surface area contributed by atoms with E-state index in [1.807, 2.05) is 0 Å². The maximum atomic E-state index is 15.2. The quantitative estimate of drug-likeness (QED) is 0.729. The first-order valence-electron chi connectivity index (χ1n) is 11.0. The average Bonchev–Trinajstić information content (AvgIpc) is 2.96. The van der Waals surface area contributed by atoms with Crippen molar-refractivity contribution in [1.82, 2.24) is 15.1 Å². The van der Waals surface area contributed by atoms with Crippen molar-refractivity contribution in [3.63, 3.8) is 0 Å². The third-order valence-electron chi connectivity index (χ3n) is 6.74. The van der Waals surface area contributed by atoms with Gasteiger partial charge in [-0.1, -0.05) is 0 Å². The van der Waals surface area contributed by atoms with Crippen LogP contribution in [-0.4, -0.2) is 64.3 Å². The number of carbonyl (C=O) groups is 3. The maximum absolute atomic E-state index is 15.2. The van der Waals surface area contributed by atoms with E-state index in [0.717, 1.165) is 18.7 Å². The highest BCUT2D eigenvalue weighted by atomic mass is 19.1. The molecule has 8 heteroatoms. The lowest BCUT2D eigenvalue weighted by Crippen LogP contribution is -2.61. The molecule has 3 aliphatic rings. The van der Waals surface area contributed by atoms with Gasteiger partial charge < -0.3 is 9.80 Å². The first-order chi connectivity index (χ1) is 14.5. The van der Waals surface area contributed by atoms with Gasteiger partial charge in [0.1, 0.15) is 11.9 Å². The Morgan fingerprint density at radius 3 is 2.29 bits per heavy atom. The first-order valence-corrected chi connectivity index (χ1v) is 11.0. The van der Waals surface area contributed by atoms with E-state index in [1.54, 1.807) is 6.07 Å². The zero-order valence-electron chi connectivity index (χ0n) is 18.9. The molecular weight excluding hydrogens is 399 g/mol. The van der Waals surface area contributed by atoms with Gasteiger partial charge in [-0.15, -0.1) is 0 Å². The number of anilines is 1. The predicted molar refractivity (Wildman–Crippen MR) is 115 cm³/mol. The van der Waals surface area contributed by atoms with Gasteiger partial charge >= 0.3 is 0 Å². The number of amides is 3. The van der Waals surface area contributed by atoms with Crippen molar-refractivity contribution in [2.45, 2.75) is 77.7 Å². The Morgan fingerprint density at radius 1 is 1.06 bits per heavy atom. The minimum Gasteiger partial charge on any atom is -0.361 e. The lowest BCUT2D eigenvalue weighted by Gasteiger charge is -2.50. The molecule has 3 amide bonds. The van der Waals surface area contributed by atoms with E-state index >= 15 is 4.39 Å². The molecule has 2 saturated heterocycles. The number of hydrogen-bond donors (Lipinski definition) is 1. The van der Waals surface area contributed by atoms with Crippen molar-refractivity contribution in [2.24, 2.45) is 0 Å². The molecule has 3 atom stereocenters. The van der Waals surface area contributed by atoms with Crippen molar-refractivity contribution in [2.75, 3.05) is 18.0 Å². The van der Waals surface area contributed by atoms with Crippen LogP contribution in [0.5, 0.6) is 0 Å². The first kappa shape index (κ1) is 21.7. The van der Waals surface area contributed by atoms with Crippen molar-refractivity contribution in [1.29, 1.82) is 0 Å². The van der Waals surface area contributed by atoms with Crippen LogP contribution in [0.1, 0.15) is 63.4 Å². The normalized spacial score (nSPS) is 27.5. The van der Waals surface area contributed by atoms with Gasteiger partial charge in [0, 0.05) is 49.2 Å². The second-order valence-electron chi connectivity index (χ2n) is 10.0. The third-order valence-corrected chi connectivity index (χ3v) is 6.74. The number of rotatable bonds is 2. The van der Waals surface area contributed by atoms with Gasteiger partial charge in [0.05, 0.1) is 5.69 Å². The number of carbonyl (C=O) groups excluding carboxylic acids is 3. The molecule has 0 aromatic heterocycles. The molecule has 0 aliphatic carbocycles. The molecule has 4 rings (SSSR count). The highest BCUT2D eigenvalue weighted by Crippen LogP contribution is 2.35. The van der Waals surface area contributed by atoms with Crippen LogP contribution < -0.4 is 10.2 Å². The van der Waals surface area contributed by atoms with E-state index in [1.165, 1.54) is 11.0 Å². The molecule has 0 radical (unpaired) electrons. The number of hydrogen-bond acceptors (Lipinski definition) is 5. The fourth-order valence-corrected chi connectivity index (χ4v) is 5.12. The number of nitrogens with zero attached hydrogens (tertiary/aromatic N) is 3. The summed E-state index contributed by atoms with van der Waals surface area (Å²) in [7, 11) is 0. The van der Waals surface area contributed by atoms with Gasteiger partial charge in [-0.3, -0.25) is 24.6 Å². The Kier molecular flexibility index (Phi) is 5.32. The Balaban J connectivity index is 1.60. The van der Waals surface area contributed by atoms with Crippen LogP contribution in [-0.2, 0) is 16.1 Å². The summed E-state index contributed by atoms with van der Waals surface area (Å²) in [5.41, 5.74) is 1.58. The summed E-state index contributed by atoms with van der Waals surface area (Å²) in [5.74, 6) is -1.55. The highest BCUT2D eigenvalue weighted by molar-refractivity contribution is 6.05. The summed E-state index contributed by atoms with van der Waals surface area (Å²) in [5, 5.41) is 2.30. The summed E-state index contributed by atoms with van der Waals surface area (Å²) < 4.78 is 15.2. The summed E-state index contributed by atoms with van der Waals surface area (Å²) in [6.07, 6.45) is 0.492. The fraction of sp³-hybridized carbons (Fsp3) is 0.609. The second kappa shape index (κ2) is 7.58. The average molecular weight is 431 g/mol. The number of piperazine rings is 1. The van der Waals surface area contributed by atoms with E-state index in [2.05, 4.69) is 49.7 Å². The molecular formula is C23H31FN4O3. The molecule has 3 unspecified atom stereocenters. The standard InChI is InChI=1S/C23H31FN4O3/c1-13-10-26(23(3,4)5)11-14(2)28(13)19-8-15-12-27(22(31)16(15)9-17(19)24)18-6-7-20(29)25-21(18)30/h8-9,13-14,18H,6-7,10-12H2,1-5H3,(H,25,29,30). The Bertz CT molecular complexity index is 929. The topological polar surface area (TPSA) is 73.0 Å². The summed E-state index contributed by atoms with van der Waals surface area (Å²) in [6.45, 7) is 12.7. The molecule has 1 N–H and O–H groups in total. The van der Waals surface area contributed by atoms with E-state index in [-0.39, 0.29) is 42.4 Å². The van der Waals surface area contributed by atoms with Crippen LogP contribution in [0, 0.1) is 5.82 Å². The highest BCUT2D eigenvalue weighted by Gasteiger charge is 2.41. The SMILES string of the molecule is CC1CN(C(C)(C)C)CC(C)N1c1cc2c(cc1F)C(=O)N(C1CCC(=O)NC1=O)C2. The number of nitrogens with one attached hydrogen (secondary N) is 1. The second-order valence-corrected chi connectivity index (χ2v) is 10.0. The molecule has 168 valence electrons. The number of benzene rings is 1.